The fourth-order valence-corrected chi connectivity index (χ4v) is 3.10. The minimum Gasteiger partial charge on any atom is -0.378 e. The predicted molar refractivity (Wildman–Crippen MR) is 78.8 cm³/mol. The second kappa shape index (κ2) is 5.59. The Labute approximate surface area is 117 Å². The van der Waals surface area contributed by atoms with Crippen LogP contribution in [0.2, 0.25) is 0 Å². The zero-order chi connectivity index (χ0) is 13.2. The summed E-state index contributed by atoms with van der Waals surface area (Å²) in [5.41, 5.74) is 7.08. The van der Waals surface area contributed by atoms with E-state index in [-0.39, 0.29) is 17.7 Å². The van der Waals surface area contributed by atoms with Gasteiger partial charge < -0.3 is 15.8 Å². The third-order valence-electron chi connectivity index (χ3n) is 3.47. The first-order chi connectivity index (χ1) is 8.53. The van der Waals surface area contributed by atoms with E-state index < -0.39 is 0 Å². The summed E-state index contributed by atoms with van der Waals surface area (Å²) in [6.45, 7) is 4.85. The Bertz CT molecular complexity index is 383. The molecule has 100 valence electrons. The Balaban J connectivity index is 2.14. The van der Waals surface area contributed by atoms with E-state index in [1.807, 2.05) is 12.1 Å². The topological polar surface area (TPSA) is 47.3 Å². The van der Waals surface area contributed by atoms with Crippen LogP contribution in [0.4, 0.5) is 5.69 Å². The van der Waals surface area contributed by atoms with Crippen LogP contribution in [0.15, 0.2) is 28.7 Å². The van der Waals surface area contributed by atoms with Gasteiger partial charge in [0.15, 0.2) is 0 Å². The minimum atomic E-state index is -0.0507. The van der Waals surface area contributed by atoms with Crippen molar-refractivity contribution in [3.63, 3.8) is 0 Å². The van der Waals surface area contributed by atoms with Gasteiger partial charge in [-0.1, -0.05) is 15.9 Å². The lowest BCUT2D eigenvalue weighted by molar-refractivity contribution is -0.0536. The fourth-order valence-electron chi connectivity index (χ4n) is 2.84. The van der Waals surface area contributed by atoms with Crippen molar-refractivity contribution in [2.75, 3.05) is 11.9 Å². The highest BCUT2D eigenvalue weighted by Gasteiger charge is 2.37. The van der Waals surface area contributed by atoms with E-state index in [1.165, 1.54) is 0 Å². The average molecular weight is 313 g/mol. The van der Waals surface area contributed by atoms with E-state index in [0.717, 1.165) is 23.0 Å². The van der Waals surface area contributed by atoms with Gasteiger partial charge in [0, 0.05) is 16.7 Å². The summed E-state index contributed by atoms with van der Waals surface area (Å²) in [6.07, 6.45) is 2.40. The Hall–Kier alpha value is -0.580. The molecule has 1 aliphatic rings. The van der Waals surface area contributed by atoms with Crippen molar-refractivity contribution >= 4 is 21.6 Å². The number of benzene rings is 1. The lowest BCUT2D eigenvalue weighted by Crippen LogP contribution is -2.53. The van der Waals surface area contributed by atoms with Crippen molar-refractivity contribution in [1.82, 2.24) is 0 Å². The molecule has 1 aliphatic heterocycles. The third kappa shape index (κ3) is 3.25. The number of halogens is 1. The van der Waals surface area contributed by atoms with Gasteiger partial charge in [-0.25, -0.2) is 0 Å². The van der Waals surface area contributed by atoms with E-state index in [4.69, 9.17) is 10.5 Å². The Morgan fingerprint density at radius 3 is 2.33 bits per heavy atom. The maximum atomic E-state index is 6.01. The summed E-state index contributed by atoms with van der Waals surface area (Å²) in [5, 5.41) is 3.61. The highest BCUT2D eigenvalue weighted by Crippen LogP contribution is 2.31. The Morgan fingerprint density at radius 1 is 1.28 bits per heavy atom. The monoisotopic (exact) mass is 312 g/mol. The standard InChI is InChI=1S/C14H21BrN2O/c1-10-7-14(9-16,8-11(2)18-10)17-13-5-3-12(15)4-6-13/h3-6,10-11,17H,7-9,16H2,1-2H3. The van der Waals surface area contributed by atoms with Gasteiger partial charge in [-0.3, -0.25) is 0 Å². The third-order valence-corrected chi connectivity index (χ3v) is 3.99. The van der Waals surface area contributed by atoms with Crippen LogP contribution in [-0.2, 0) is 4.74 Å². The van der Waals surface area contributed by atoms with Gasteiger partial charge in [-0.05, 0) is 51.0 Å². The van der Waals surface area contributed by atoms with Crippen LogP contribution in [-0.4, -0.2) is 24.3 Å². The van der Waals surface area contributed by atoms with Gasteiger partial charge in [0.1, 0.15) is 0 Å². The van der Waals surface area contributed by atoms with Crippen LogP contribution < -0.4 is 11.1 Å². The van der Waals surface area contributed by atoms with Crippen molar-refractivity contribution in [1.29, 1.82) is 0 Å². The van der Waals surface area contributed by atoms with Crippen molar-refractivity contribution < 1.29 is 4.74 Å². The fraction of sp³-hybridized carbons (Fsp3) is 0.571. The number of hydrogen-bond acceptors (Lipinski definition) is 3. The normalized spacial score (nSPS) is 32.2. The molecule has 1 aromatic carbocycles. The molecule has 0 spiro atoms. The predicted octanol–water partition coefficient (Wildman–Crippen LogP) is 3.15. The van der Waals surface area contributed by atoms with Crippen molar-refractivity contribution in [3.05, 3.63) is 28.7 Å². The van der Waals surface area contributed by atoms with Gasteiger partial charge >= 0.3 is 0 Å². The molecule has 0 radical (unpaired) electrons. The molecule has 0 aromatic heterocycles. The van der Waals surface area contributed by atoms with Gasteiger partial charge in [-0.2, -0.15) is 0 Å². The smallest absolute Gasteiger partial charge is 0.0573 e. The number of rotatable bonds is 3. The average Bonchev–Trinajstić information content (AvgIpc) is 2.31. The van der Waals surface area contributed by atoms with Crippen molar-refractivity contribution in [2.24, 2.45) is 5.73 Å². The van der Waals surface area contributed by atoms with Gasteiger partial charge in [0.25, 0.3) is 0 Å². The molecule has 2 atom stereocenters. The molecule has 0 aliphatic carbocycles. The molecule has 2 unspecified atom stereocenters. The molecule has 1 saturated heterocycles. The highest BCUT2D eigenvalue weighted by atomic mass is 79.9. The summed E-state index contributed by atoms with van der Waals surface area (Å²) in [4.78, 5) is 0. The van der Waals surface area contributed by atoms with E-state index in [2.05, 4.69) is 47.2 Å². The highest BCUT2D eigenvalue weighted by molar-refractivity contribution is 9.10. The second-order valence-electron chi connectivity index (χ2n) is 5.28. The first-order valence-electron chi connectivity index (χ1n) is 6.42. The summed E-state index contributed by atoms with van der Waals surface area (Å²) in [6, 6.07) is 8.23. The summed E-state index contributed by atoms with van der Waals surface area (Å²) >= 11 is 3.45. The maximum absolute atomic E-state index is 6.01. The summed E-state index contributed by atoms with van der Waals surface area (Å²) in [7, 11) is 0. The van der Waals surface area contributed by atoms with Crippen LogP contribution in [0.25, 0.3) is 0 Å². The first-order valence-corrected chi connectivity index (χ1v) is 7.21. The molecule has 4 heteroatoms. The van der Waals surface area contributed by atoms with Gasteiger partial charge in [-0.15, -0.1) is 0 Å². The van der Waals surface area contributed by atoms with Crippen LogP contribution >= 0.6 is 15.9 Å². The molecule has 3 N–H and O–H groups in total. The van der Waals surface area contributed by atoms with Crippen LogP contribution in [0, 0.1) is 0 Å². The number of anilines is 1. The van der Waals surface area contributed by atoms with Gasteiger partial charge in [0.05, 0.1) is 17.7 Å². The first kappa shape index (κ1) is 13.8. The lowest BCUT2D eigenvalue weighted by atomic mass is 9.84. The van der Waals surface area contributed by atoms with E-state index in [1.54, 1.807) is 0 Å². The molecule has 1 heterocycles. The molecule has 18 heavy (non-hydrogen) atoms. The number of ether oxygens (including phenoxy) is 1. The van der Waals surface area contributed by atoms with Crippen LogP contribution in [0.5, 0.6) is 0 Å². The molecular formula is C14H21BrN2O. The van der Waals surface area contributed by atoms with E-state index in [9.17, 15) is 0 Å². The molecule has 2 rings (SSSR count). The Morgan fingerprint density at radius 2 is 1.83 bits per heavy atom. The zero-order valence-electron chi connectivity index (χ0n) is 10.9. The van der Waals surface area contributed by atoms with Gasteiger partial charge in [0.2, 0.25) is 0 Å². The van der Waals surface area contributed by atoms with Crippen LogP contribution in [0.1, 0.15) is 26.7 Å². The van der Waals surface area contributed by atoms with E-state index in [0.29, 0.717) is 6.54 Å². The Kier molecular flexibility index (Phi) is 4.30. The molecule has 0 amide bonds. The summed E-state index contributed by atoms with van der Waals surface area (Å²) < 4.78 is 6.88. The maximum Gasteiger partial charge on any atom is 0.0573 e. The minimum absolute atomic E-state index is 0.0507. The number of nitrogens with two attached hydrogens (primary N) is 1. The second-order valence-corrected chi connectivity index (χ2v) is 6.20. The van der Waals surface area contributed by atoms with E-state index >= 15 is 0 Å². The van der Waals surface area contributed by atoms with Crippen molar-refractivity contribution in [3.8, 4) is 0 Å². The lowest BCUT2D eigenvalue weighted by Gasteiger charge is -2.43. The summed E-state index contributed by atoms with van der Waals surface area (Å²) in [5.74, 6) is 0. The van der Waals surface area contributed by atoms with Crippen molar-refractivity contribution in [2.45, 2.75) is 44.4 Å². The molecule has 0 bridgehead atoms. The molecule has 1 fully saturated rings. The quantitative estimate of drug-likeness (QED) is 0.901. The number of hydrogen-bond donors (Lipinski definition) is 2. The van der Waals surface area contributed by atoms with Crippen LogP contribution in [0.3, 0.4) is 0 Å². The molecular weight excluding hydrogens is 292 g/mol. The number of nitrogens with one attached hydrogen (secondary N) is 1. The molecule has 1 aromatic rings. The molecule has 3 nitrogen and oxygen atoms in total. The zero-order valence-corrected chi connectivity index (χ0v) is 12.5. The molecule has 0 saturated carbocycles. The largest absolute Gasteiger partial charge is 0.378 e. The SMILES string of the molecule is CC1CC(CN)(Nc2ccc(Br)cc2)CC(C)O1.